The van der Waals surface area contributed by atoms with Crippen LogP contribution in [-0.2, 0) is 0 Å². The average molecular weight is 369 g/mol. The molecule has 2 aromatic rings. The van der Waals surface area contributed by atoms with Gasteiger partial charge in [0, 0.05) is 24.3 Å². The number of nitrogens with zero attached hydrogens (tertiary/aromatic N) is 2. The van der Waals surface area contributed by atoms with Gasteiger partial charge in [0.15, 0.2) is 0 Å². The van der Waals surface area contributed by atoms with Crippen LogP contribution in [-0.4, -0.2) is 34.2 Å². The lowest BCUT2D eigenvalue weighted by atomic mass is 9.91. The summed E-state index contributed by atoms with van der Waals surface area (Å²) in [7, 11) is 0. The molecule has 0 saturated heterocycles. The van der Waals surface area contributed by atoms with Gasteiger partial charge < -0.3 is 20.7 Å². The molecular formula is C20H27N5O2. The number of aromatic nitrogens is 2. The van der Waals surface area contributed by atoms with Crippen LogP contribution in [0.1, 0.15) is 39.5 Å². The minimum absolute atomic E-state index is 0.133. The van der Waals surface area contributed by atoms with Gasteiger partial charge in [0.2, 0.25) is 5.95 Å². The number of para-hydroxylation sites is 1. The van der Waals surface area contributed by atoms with E-state index in [-0.39, 0.29) is 6.04 Å². The van der Waals surface area contributed by atoms with Gasteiger partial charge in [0.1, 0.15) is 11.6 Å². The van der Waals surface area contributed by atoms with E-state index in [2.05, 4.69) is 39.8 Å². The summed E-state index contributed by atoms with van der Waals surface area (Å²) in [5, 5.41) is 9.63. The van der Waals surface area contributed by atoms with Crippen molar-refractivity contribution < 1.29 is 9.53 Å². The Labute approximate surface area is 159 Å². The second kappa shape index (κ2) is 9.21. The third-order valence-electron chi connectivity index (χ3n) is 4.43. The van der Waals surface area contributed by atoms with Crippen LogP contribution >= 0.6 is 0 Å². The summed E-state index contributed by atoms with van der Waals surface area (Å²) in [4.78, 5) is 20.8. The highest BCUT2D eigenvalue weighted by molar-refractivity contribution is 5.70. The van der Waals surface area contributed by atoms with E-state index in [9.17, 15) is 4.79 Å². The van der Waals surface area contributed by atoms with E-state index in [1.807, 2.05) is 24.3 Å². The molecule has 1 aromatic heterocycles. The van der Waals surface area contributed by atoms with Crippen LogP contribution in [0.3, 0.4) is 0 Å². The Bertz CT molecular complexity index is 730. The Balaban J connectivity index is 1.43. The molecular weight excluding hydrogens is 342 g/mol. The fourth-order valence-electron chi connectivity index (χ4n) is 3.16. The molecule has 7 heteroatoms. The zero-order chi connectivity index (χ0) is 19.1. The van der Waals surface area contributed by atoms with Crippen molar-refractivity contribution >= 4 is 17.9 Å². The van der Waals surface area contributed by atoms with Gasteiger partial charge in [0.25, 0.3) is 0 Å². The number of anilines is 2. The van der Waals surface area contributed by atoms with E-state index >= 15 is 0 Å². The number of carbonyl (C=O) groups excluding carboxylic acids is 1. The average Bonchev–Trinajstić information content (AvgIpc) is 2.64. The van der Waals surface area contributed by atoms with Crippen molar-refractivity contribution in [3.8, 4) is 5.75 Å². The van der Waals surface area contributed by atoms with Crippen molar-refractivity contribution in [2.24, 2.45) is 0 Å². The first kappa shape index (κ1) is 18.9. The molecule has 27 heavy (non-hydrogen) atoms. The van der Waals surface area contributed by atoms with Crippen molar-refractivity contribution in [2.45, 2.75) is 57.7 Å². The highest BCUT2D eigenvalue weighted by Crippen LogP contribution is 2.22. The first-order valence-electron chi connectivity index (χ1n) is 9.48. The molecule has 0 spiro atoms. The minimum atomic E-state index is -0.395. The van der Waals surface area contributed by atoms with Gasteiger partial charge in [-0.2, -0.15) is 4.98 Å². The number of ether oxygens (including phenoxy) is 1. The number of carbonyl (C=O) groups is 1. The molecule has 0 aliphatic heterocycles. The maximum Gasteiger partial charge on any atom is 0.412 e. The Morgan fingerprint density at radius 3 is 2.48 bits per heavy atom. The van der Waals surface area contributed by atoms with Gasteiger partial charge in [-0.15, -0.1) is 0 Å². The first-order chi connectivity index (χ1) is 13.1. The molecule has 1 aliphatic rings. The first-order valence-corrected chi connectivity index (χ1v) is 9.48. The summed E-state index contributed by atoms with van der Waals surface area (Å²) in [5.74, 6) is 2.01. The van der Waals surface area contributed by atoms with Crippen LogP contribution in [0.2, 0.25) is 0 Å². The summed E-state index contributed by atoms with van der Waals surface area (Å²) in [5.41, 5.74) is 0. The predicted molar refractivity (Wildman–Crippen MR) is 106 cm³/mol. The van der Waals surface area contributed by atoms with E-state index in [1.54, 1.807) is 18.3 Å². The zero-order valence-corrected chi connectivity index (χ0v) is 15.8. The normalized spacial score (nSPS) is 19.4. The Morgan fingerprint density at radius 2 is 1.78 bits per heavy atom. The van der Waals surface area contributed by atoms with Crippen LogP contribution < -0.4 is 20.7 Å². The predicted octanol–water partition coefficient (Wildman–Crippen LogP) is 3.81. The van der Waals surface area contributed by atoms with Gasteiger partial charge in [-0.1, -0.05) is 18.2 Å². The summed E-state index contributed by atoms with van der Waals surface area (Å²) in [6.07, 6.45) is 5.04. The van der Waals surface area contributed by atoms with Crippen molar-refractivity contribution in [3.05, 3.63) is 42.6 Å². The van der Waals surface area contributed by atoms with Crippen LogP contribution in [0.15, 0.2) is 42.6 Å². The van der Waals surface area contributed by atoms with Crippen LogP contribution in [0, 0.1) is 0 Å². The van der Waals surface area contributed by atoms with Gasteiger partial charge in [-0.25, -0.2) is 9.78 Å². The van der Waals surface area contributed by atoms with Crippen molar-refractivity contribution in [2.75, 3.05) is 10.6 Å². The molecule has 1 aromatic carbocycles. The molecule has 1 aliphatic carbocycles. The van der Waals surface area contributed by atoms with Gasteiger partial charge in [0.05, 0.1) is 0 Å². The third kappa shape index (κ3) is 6.13. The molecule has 1 fully saturated rings. The minimum Gasteiger partial charge on any atom is -0.410 e. The smallest absolute Gasteiger partial charge is 0.410 e. The molecule has 0 atom stereocenters. The Morgan fingerprint density at radius 1 is 1.07 bits per heavy atom. The highest BCUT2D eigenvalue weighted by Gasteiger charge is 2.23. The monoisotopic (exact) mass is 369 g/mol. The molecule has 0 unspecified atom stereocenters. The lowest BCUT2D eigenvalue weighted by Crippen LogP contribution is -2.41. The number of hydrogen-bond donors (Lipinski definition) is 3. The number of hydrogen-bond acceptors (Lipinski definition) is 6. The Kier molecular flexibility index (Phi) is 6.46. The number of rotatable bonds is 6. The fourth-order valence-corrected chi connectivity index (χ4v) is 3.16. The fraction of sp³-hybridized carbons (Fsp3) is 0.450. The second-order valence-corrected chi connectivity index (χ2v) is 7.10. The quantitative estimate of drug-likeness (QED) is 0.718. The Hall–Kier alpha value is -2.83. The van der Waals surface area contributed by atoms with E-state index < -0.39 is 6.09 Å². The van der Waals surface area contributed by atoms with Gasteiger partial charge in [-0.3, -0.25) is 0 Å². The SMILES string of the molecule is CC(C)Nc1ccnc(NC2CCC(NC(=O)Oc3ccccc3)CC2)n1. The molecule has 1 heterocycles. The third-order valence-corrected chi connectivity index (χ3v) is 4.43. The molecule has 0 radical (unpaired) electrons. The van der Waals surface area contributed by atoms with E-state index in [1.165, 1.54) is 0 Å². The van der Waals surface area contributed by atoms with Crippen molar-refractivity contribution in [1.29, 1.82) is 0 Å². The molecule has 1 amide bonds. The molecule has 1 saturated carbocycles. The maximum absolute atomic E-state index is 12.0. The highest BCUT2D eigenvalue weighted by atomic mass is 16.6. The number of amides is 1. The second-order valence-electron chi connectivity index (χ2n) is 7.10. The summed E-state index contributed by atoms with van der Waals surface area (Å²) in [6.45, 7) is 4.15. The van der Waals surface area contributed by atoms with Crippen LogP contribution in [0.4, 0.5) is 16.6 Å². The lowest BCUT2D eigenvalue weighted by molar-refractivity contribution is 0.191. The summed E-state index contributed by atoms with van der Waals surface area (Å²) in [6, 6.07) is 11.7. The summed E-state index contributed by atoms with van der Waals surface area (Å²) >= 11 is 0. The molecule has 0 bridgehead atoms. The van der Waals surface area contributed by atoms with Crippen LogP contribution in [0.25, 0.3) is 0 Å². The summed E-state index contributed by atoms with van der Waals surface area (Å²) < 4.78 is 5.29. The van der Waals surface area contributed by atoms with Gasteiger partial charge in [-0.05, 0) is 57.7 Å². The molecule has 3 N–H and O–H groups in total. The van der Waals surface area contributed by atoms with Crippen molar-refractivity contribution in [3.63, 3.8) is 0 Å². The molecule has 3 rings (SSSR count). The largest absolute Gasteiger partial charge is 0.412 e. The number of benzene rings is 1. The van der Waals surface area contributed by atoms with E-state index in [0.29, 0.717) is 23.8 Å². The maximum atomic E-state index is 12.0. The molecule has 144 valence electrons. The van der Waals surface area contributed by atoms with Gasteiger partial charge >= 0.3 is 6.09 Å². The standard InChI is InChI=1S/C20H27N5O2/c1-14(2)22-18-12-13-21-19(25-18)23-15-8-10-16(11-9-15)24-20(26)27-17-6-4-3-5-7-17/h3-7,12-16H,8-11H2,1-2H3,(H,24,26)(H2,21,22,23,25). The van der Waals surface area contributed by atoms with Crippen molar-refractivity contribution in [1.82, 2.24) is 15.3 Å². The van der Waals surface area contributed by atoms with Crippen LogP contribution in [0.5, 0.6) is 5.75 Å². The van der Waals surface area contributed by atoms with E-state index in [4.69, 9.17) is 4.74 Å². The zero-order valence-electron chi connectivity index (χ0n) is 15.8. The van der Waals surface area contributed by atoms with E-state index in [0.717, 1.165) is 31.5 Å². The lowest BCUT2D eigenvalue weighted by Gasteiger charge is -2.29. The molecule has 7 nitrogen and oxygen atoms in total. The topological polar surface area (TPSA) is 88.2 Å². The number of nitrogens with one attached hydrogen (secondary N) is 3.